The summed E-state index contributed by atoms with van der Waals surface area (Å²) in [5, 5.41) is 10.5. The number of carbonyl (C=O) groups is 2. The van der Waals surface area contributed by atoms with E-state index >= 15 is 0 Å². The molecule has 3 aromatic rings. The topological polar surface area (TPSA) is 83.1 Å². The van der Waals surface area contributed by atoms with Crippen LogP contribution in [0.1, 0.15) is 6.92 Å². The minimum atomic E-state index is -0.308. The first-order chi connectivity index (χ1) is 13.1. The van der Waals surface area contributed by atoms with Gasteiger partial charge in [0.05, 0.1) is 5.25 Å². The highest BCUT2D eigenvalue weighted by molar-refractivity contribution is 8.00. The van der Waals surface area contributed by atoms with Gasteiger partial charge in [-0.2, -0.15) is 0 Å². The Kier molecular flexibility index (Phi) is 6.45. The maximum absolute atomic E-state index is 12.2. The summed E-state index contributed by atoms with van der Waals surface area (Å²) in [5.41, 5.74) is 1.40. The molecule has 1 aromatic heterocycles. The van der Waals surface area contributed by atoms with E-state index in [-0.39, 0.29) is 17.2 Å². The highest BCUT2D eigenvalue weighted by atomic mass is 32.2. The number of aromatic nitrogens is 1. The number of benzene rings is 2. The van der Waals surface area contributed by atoms with Crippen LogP contribution < -0.4 is 16.0 Å². The Bertz CT molecular complexity index is 884. The largest absolute Gasteiger partial charge is 0.323 e. The molecule has 1 atom stereocenters. The van der Waals surface area contributed by atoms with E-state index in [1.165, 1.54) is 23.1 Å². The van der Waals surface area contributed by atoms with Gasteiger partial charge in [-0.25, -0.2) is 9.78 Å². The SMILES string of the molecule is C[C@@H](Sc1ccc(NC(=O)Nc2ccccc2)cc1)C(=O)Nc1nccs1. The molecule has 3 amide bonds. The van der Waals surface area contributed by atoms with E-state index in [1.807, 2.05) is 54.8 Å². The van der Waals surface area contributed by atoms with Gasteiger partial charge in [0.25, 0.3) is 0 Å². The van der Waals surface area contributed by atoms with Gasteiger partial charge >= 0.3 is 6.03 Å². The number of hydrogen-bond acceptors (Lipinski definition) is 5. The number of rotatable bonds is 6. The van der Waals surface area contributed by atoms with E-state index in [0.717, 1.165) is 10.6 Å². The van der Waals surface area contributed by atoms with Crippen LogP contribution in [0, 0.1) is 0 Å². The van der Waals surface area contributed by atoms with Crippen LogP contribution >= 0.6 is 23.1 Å². The van der Waals surface area contributed by atoms with Gasteiger partial charge in [-0.05, 0) is 43.3 Å². The standard InChI is InChI=1S/C19H18N4O2S2/c1-13(17(24)23-19-20-11-12-26-19)27-16-9-7-15(8-10-16)22-18(25)21-14-5-3-2-4-6-14/h2-13H,1H3,(H,20,23,24)(H2,21,22,25)/t13-/m1/s1. The van der Waals surface area contributed by atoms with Crippen LogP contribution in [-0.2, 0) is 4.79 Å². The Hall–Kier alpha value is -2.84. The monoisotopic (exact) mass is 398 g/mol. The smallest absolute Gasteiger partial charge is 0.308 e. The quantitative estimate of drug-likeness (QED) is 0.515. The third kappa shape index (κ3) is 5.83. The molecule has 0 bridgehead atoms. The first kappa shape index (κ1) is 18.9. The van der Waals surface area contributed by atoms with Crippen molar-refractivity contribution >= 4 is 51.5 Å². The number of carbonyl (C=O) groups excluding carboxylic acids is 2. The van der Waals surface area contributed by atoms with Gasteiger partial charge in [0, 0.05) is 27.8 Å². The second-order valence-corrected chi connectivity index (χ2v) is 7.86. The van der Waals surface area contributed by atoms with E-state index in [1.54, 1.807) is 18.3 Å². The molecule has 0 radical (unpaired) electrons. The van der Waals surface area contributed by atoms with Gasteiger partial charge in [0.15, 0.2) is 5.13 Å². The van der Waals surface area contributed by atoms with Crippen molar-refractivity contribution in [3.8, 4) is 0 Å². The van der Waals surface area contributed by atoms with E-state index in [2.05, 4.69) is 20.9 Å². The van der Waals surface area contributed by atoms with E-state index < -0.39 is 0 Å². The molecule has 0 saturated carbocycles. The Morgan fingerprint density at radius 3 is 2.26 bits per heavy atom. The predicted octanol–water partition coefficient (Wildman–Crippen LogP) is 4.91. The maximum atomic E-state index is 12.2. The summed E-state index contributed by atoms with van der Waals surface area (Å²) in [6.45, 7) is 1.84. The Balaban J connectivity index is 1.50. The molecular weight excluding hydrogens is 380 g/mol. The molecular formula is C19H18N4O2S2. The van der Waals surface area contributed by atoms with Gasteiger partial charge in [-0.15, -0.1) is 23.1 Å². The van der Waals surface area contributed by atoms with Gasteiger partial charge in [0.2, 0.25) is 5.91 Å². The van der Waals surface area contributed by atoms with Crippen LogP contribution in [0.4, 0.5) is 21.3 Å². The van der Waals surface area contributed by atoms with Crippen molar-refractivity contribution in [1.82, 2.24) is 4.98 Å². The molecule has 3 N–H and O–H groups in total. The number of nitrogens with one attached hydrogen (secondary N) is 3. The summed E-state index contributed by atoms with van der Waals surface area (Å²) in [7, 11) is 0. The Morgan fingerprint density at radius 1 is 0.963 bits per heavy atom. The van der Waals surface area contributed by atoms with Gasteiger partial charge < -0.3 is 16.0 Å². The van der Waals surface area contributed by atoms with Crippen LogP contribution in [0.3, 0.4) is 0 Å². The van der Waals surface area contributed by atoms with Crippen molar-refractivity contribution in [2.75, 3.05) is 16.0 Å². The average molecular weight is 399 g/mol. The molecule has 0 saturated heterocycles. The van der Waals surface area contributed by atoms with Crippen LogP contribution in [0.5, 0.6) is 0 Å². The van der Waals surface area contributed by atoms with Crippen molar-refractivity contribution in [3.63, 3.8) is 0 Å². The molecule has 0 aliphatic rings. The number of nitrogens with zero attached hydrogens (tertiary/aromatic N) is 1. The molecule has 8 heteroatoms. The molecule has 0 fully saturated rings. The Labute approximate surface area is 165 Å². The molecule has 3 rings (SSSR count). The van der Waals surface area contributed by atoms with Crippen molar-refractivity contribution in [3.05, 3.63) is 66.2 Å². The number of urea groups is 1. The zero-order chi connectivity index (χ0) is 19.1. The zero-order valence-electron chi connectivity index (χ0n) is 14.5. The van der Waals surface area contributed by atoms with Crippen LogP contribution in [0.15, 0.2) is 71.1 Å². The third-order valence-electron chi connectivity index (χ3n) is 3.49. The molecule has 0 aliphatic heterocycles. The van der Waals surface area contributed by atoms with E-state index in [0.29, 0.717) is 10.8 Å². The lowest BCUT2D eigenvalue weighted by atomic mass is 10.3. The third-order valence-corrected chi connectivity index (χ3v) is 5.29. The second kappa shape index (κ2) is 9.20. The number of anilines is 3. The average Bonchev–Trinajstić information content (AvgIpc) is 3.17. The first-order valence-electron chi connectivity index (χ1n) is 8.20. The lowest BCUT2D eigenvalue weighted by Gasteiger charge is -2.11. The fraction of sp³-hybridized carbons (Fsp3) is 0.105. The minimum Gasteiger partial charge on any atom is -0.308 e. The number of thioether (sulfide) groups is 1. The summed E-state index contributed by atoms with van der Waals surface area (Å²) in [6.07, 6.45) is 1.65. The van der Waals surface area contributed by atoms with E-state index in [4.69, 9.17) is 0 Å². The highest BCUT2D eigenvalue weighted by Crippen LogP contribution is 2.26. The highest BCUT2D eigenvalue weighted by Gasteiger charge is 2.15. The number of amides is 3. The summed E-state index contributed by atoms with van der Waals surface area (Å²) >= 11 is 2.82. The summed E-state index contributed by atoms with van der Waals surface area (Å²) in [5.74, 6) is -0.0978. The normalized spacial score (nSPS) is 11.4. The lowest BCUT2D eigenvalue weighted by Crippen LogP contribution is -2.22. The number of para-hydroxylation sites is 1. The number of thiazole rings is 1. The molecule has 0 aliphatic carbocycles. The molecule has 6 nitrogen and oxygen atoms in total. The van der Waals surface area contributed by atoms with Crippen molar-refractivity contribution in [1.29, 1.82) is 0 Å². The molecule has 0 spiro atoms. The van der Waals surface area contributed by atoms with Crippen molar-refractivity contribution in [2.24, 2.45) is 0 Å². The van der Waals surface area contributed by atoms with Gasteiger partial charge in [-0.3, -0.25) is 4.79 Å². The molecule has 2 aromatic carbocycles. The molecule has 1 heterocycles. The zero-order valence-corrected chi connectivity index (χ0v) is 16.1. The maximum Gasteiger partial charge on any atom is 0.323 e. The lowest BCUT2D eigenvalue weighted by molar-refractivity contribution is -0.115. The summed E-state index contributed by atoms with van der Waals surface area (Å²) < 4.78 is 0. The van der Waals surface area contributed by atoms with E-state index in [9.17, 15) is 9.59 Å². The second-order valence-electron chi connectivity index (χ2n) is 5.56. The summed E-state index contributed by atoms with van der Waals surface area (Å²) in [4.78, 5) is 29.2. The fourth-order valence-electron chi connectivity index (χ4n) is 2.18. The van der Waals surface area contributed by atoms with Crippen molar-refractivity contribution in [2.45, 2.75) is 17.1 Å². The van der Waals surface area contributed by atoms with Gasteiger partial charge in [0.1, 0.15) is 0 Å². The molecule has 0 unspecified atom stereocenters. The summed E-state index contributed by atoms with van der Waals surface area (Å²) in [6, 6.07) is 16.3. The van der Waals surface area contributed by atoms with Crippen LogP contribution in [0.25, 0.3) is 0 Å². The number of hydrogen-bond donors (Lipinski definition) is 3. The van der Waals surface area contributed by atoms with Gasteiger partial charge in [-0.1, -0.05) is 18.2 Å². The van der Waals surface area contributed by atoms with Crippen LogP contribution in [-0.4, -0.2) is 22.2 Å². The fourth-order valence-corrected chi connectivity index (χ4v) is 3.58. The van der Waals surface area contributed by atoms with Crippen LogP contribution in [0.2, 0.25) is 0 Å². The molecule has 138 valence electrons. The molecule has 27 heavy (non-hydrogen) atoms. The predicted molar refractivity (Wildman–Crippen MR) is 112 cm³/mol. The minimum absolute atomic E-state index is 0.0978. The first-order valence-corrected chi connectivity index (χ1v) is 9.96. The van der Waals surface area contributed by atoms with Crippen molar-refractivity contribution < 1.29 is 9.59 Å². The Morgan fingerprint density at radius 2 is 1.63 bits per heavy atom.